The number of nitrogens with zero attached hydrogens (tertiary/aromatic N) is 2. The molecule has 21 heavy (non-hydrogen) atoms. The van der Waals surface area contributed by atoms with Crippen LogP contribution in [0.5, 0.6) is 5.75 Å². The number of aryl methyl sites for hydroxylation is 1. The number of halogens is 1. The molecule has 1 aromatic carbocycles. The predicted molar refractivity (Wildman–Crippen MR) is 79.7 cm³/mol. The van der Waals surface area contributed by atoms with Crippen LogP contribution in [-0.4, -0.2) is 16.0 Å². The van der Waals surface area contributed by atoms with Crippen LogP contribution in [0.15, 0.2) is 30.6 Å². The van der Waals surface area contributed by atoms with Crippen molar-refractivity contribution in [2.75, 3.05) is 0 Å². The van der Waals surface area contributed by atoms with Gasteiger partial charge in [-0.15, -0.1) is 0 Å². The van der Waals surface area contributed by atoms with E-state index in [0.29, 0.717) is 10.8 Å². The third-order valence-corrected chi connectivity index (χ3v) is 3.68. The summed E-state index contributed by atoms with van der Waals surface area (Å²) in [5.41, 5.74) is 2.38. The second-order valence-electron chi connectivity index (χ2n) is 5.06. The van der Waals surface area contributed by atoms with Gasteiger partial charge < -0.3 is 4.74 Å². The lowest BCUT2D eigenvalue weighted by Crippen LogP contribution is -2.01. The summed E-state index contributed by atoms with van der Waals surface area (Å²) in [6.07, 6.45) is 5.17. The van der Waals surface area contributed by atoms with Gasteiger partial charge in [0.15, 0.2) is 5.75 Å². The minimum atomic E-state index is -0.414. The molecule has 108 valence electrons. The molecule has 0 amide bonds. The number of pyridine rings is 1. The highest BCUT2D eigenvalue weighted by molar-refractivity contribution is 6.33. The Morgan fingerprint density at radius 2 is 2.14 bits per heavy atom. The van der Waals surface area contributed by atoms with Crippen LogP contribution in [0.4, 0.5) is 5.69 Å². The first-order valence-electron chi connectivity index (χ1n) is 6.62. The molecule has 0 spiro atoms. The molecule has 2 aromatic rings. The molecule has 1 aromatic heterocycles. The Morgan fingerprint density at radius 1 is 1.38 bits per heavy atom. The van der Waals surface area contributed by atoms with Crippen LogP contribution in [0, 0.1) is 17.0 Å². The number of ether oxygens (including phenoxy) is 1. The lowest BCUT2D eigenvalue weighted by molar-refractivity contribution is -0.386. The van der Waals surface area contributed by atoms with Crippen molar-refractivity contribution in [3.63, 3.8) is 0 Å². The maximum absolute atomic E-state index is 11.2. The van der Waals surface area contributed by atoms with E-state index in [1.807, 2.05) is 6.92 Å². The third kappa shape index (κ3) is 2.83. The first kappa shape index (κ1) is 13.8. The molecular formula is C15H13ClN2O3. The molecule has 1 saturated carbocycles. The van der Waals surface area contributed by atoms with Crippen LogP contribution in [-0.2, 0) is 0 Å². The van der Waals surface area contributed by atoms with Crippen LogP contribution in [0.3, 0.4) is 0 Å². The topological polar surface area (TPSA) is 65.3 Å². The average Bonchev–Trinajstić information content (AvgIpc) is 3.25. The highest BCUT2D eigenvalue weighted by Gasteiger charge is 2.28. The van der Waals surface area contributed by atoms with E-state index in [1.54, 1.807) is 24.5 Å². The van der Waals surface area contributed by atoms with Crippen molar-refractivity contribution in [2.45, 2.75) is 25.9 Å². The van der Waals surface area contributed by atoms with E-state index in [2.05, 4.69) is 4.98 Å². The van der Waals surface area contributed by atoms with Gasteiger partial charge in [0.25, 0.3) is 0 Å². The van der Waals surface area contributed by atoms with Crippen molar-refractivity contribution < 1.29 is 9.66 Å². The van der Waals surface area contributed by atoms with Crippen molar-refractivity contribution in [3.8, 4) is 16.9 Å². The molecule has 0 unspecified atom stereocenters. The lowest BCUT2D eigenvalue weighted by Gasteiger charge is -2.12. The molecular weight excluding hydrogens is 292 g/mol. The third-order valence-electron chi connectivity index (χ3n) is 3.38. The maximum Gasteiger partial charge on any atom is 0.311 e. The van der Waals surface area contributed by atoms with Crippen molar-refractivity contribution in [3.05, 3.63) is 51.3 Å². The van der Waals surface area contributed by atoms with Crippen LogP contribution in [0.25, 0.3) is 11.1 Å². The smallest absolute Gasteiger partial charge is 0.311 e. The van der Waals surface area contributed by atoms with Gasteiger partial charge in [-0.3, -0.25) is 15.1 Å². The van der Waals surface area contributed by atoms with Gasteiger partial charge in [-0.05, 0) is 43.0 Å². The Bertz CT molecular complexity index is 714. The SMILES string of the molecule is Cc1cc([N+](=O)[O-])c(OC2CC2)cc1-c1ccncc1Cl. The molecule has 0 atom stereocenters. The second kappa shape index (κ2) is 5.33. The van der Waals surface area contributed by atoms with E-state index in [4.69, 9.17) is 16.3 Å². The minimum absolute atomic E-state index is 0.00618. The van der Waals surface area contributed by atoms with Gasteiger partial charge in [0.05, 0.1) is 16.0 Å². The highest BCUT2D eigenvalue weighted by atomic mass is 35.5. The molecule has 1 aliphatic carbocycles. The number of rotatable bonds is 4. The molecule has 5 nitrogen and oxygen atoms in total. The second-order valence-corrected chi connectivity index (χ2v) is 5.47. The summed E-state index contributed by atoms with van der Waals surface area (Å²) in [6.45, 7) is 1.82. The fourth-order valence-corrected chi connectivity index (χ4v) is 2.38. The summed E-state index contributed by atoms with van der Waals surface area (Å²) < 4.78 is 5.67. The van der Waals surface area contributed by atoms with Crippen LogP contribution >= 0.6 is 11.6 Å². The Kier molecular flexibility index (Phi) is 3.51. The quantitative estimate of drug-likeness (QED) is 0.628. The summed E-state index contributed by atoms with van der Waals surface area (Å²) in [7, 11) is 0. The first-order chi connectivity index (χ1) is 10.1. The largest absolute Gasteiger partial charge is 0.483 e. The molecule has 1 fully saturated rings. The molecule has 0 aliphatic heterocycles. The Balaban J connectivity index is 2.12. The molecule has 1 heterocycles. The van der Waals surface area contributed by atoms with E-state index in [-0.39, 0.29) is 11.8 Å². The highest BCUT2D eigenvalue weighted by Crippen LogP contribution is 2.40. The molecule has 0 bridgehead atoms. The average molecular weight is 305 g/mol. The Labute approximate surface area is 126 Å². The molecule has 0 N–H and O–H groups in total. The van der Waals surface area contributed by atoms with Gasteiger partial charge in [0, 0.05) is 24.0 Å². The monoisotopic (exact) mass is 304 g/mol. The van der Waals surface area contributed by atoms with Crippen molar-refractivity contribution >= 4 is 17.3 Å². The zero-order valence-electron chi connectivity index (χ0n) is 11.4. The number of nitro benzene ring substituents is 1. The van der Waals surface area contributed by atoms with Crippen molar-refractivity contribution in [1.29, 1.82) is 0 Å². The van der Waals surface area contributed by atoms with E-state index < -0.39 is 4.92 Å². The normalized spacial score (nSPS) is 14.0. The number of benzene rings is 1. The van der Waals surface area contributed by atoms with Gasteiger partial charge in [-0.1, -0.05) is 11.6 Å². The number of hydrogen-bond acceptors (Lipinski definition) is 4. The van der Waals surface area contributed by atoms with E-state index in [9.17, 15) is 10.1 Å². The van der Waals surface area contributed by atoms with E-state index in [0.717, 1.165) is 29.5 Å². The summed E-state index contributed by atoms with van der Waals surface area (Å²) >= 11 is 6.17. The van der Waals surface area contributed by atoms with Gasteiger partial charge in [-0.25, -0.2) is 0 Å². The minimum Gasteiger partial charge on any atom is -0.483 e. The molecule has 0 saturated heterocycles. The summed E-state index contributed by atoms with van der Waals surface area (Å²) in [5.74, 6) is 0.302. The fraction of sp³-hybridized carbons (Fsp3) is 0.267. The first-order valence-corrected chi connectivity index (χ1v) is 6.99. The zero-order chi connectivity index (χ0) is 15.0. The van der Waals surface area contributed by atoms with Crippen molar-refractivity contribution in [2.24, 2.45) is 0 Å². The van der Waals surface area contributed by atoms with Crippen molar-refractivity contribution in [1.82, 2.24) is 4.98 Å². The van der Waals surface area contributed by atoms with Crippen LogP contribution in [0.1, 0.15) is 18.4 Å². The van der Waals surface area contributed by atoms with Gasteiger partial charge in [0.2, 0.25) is 0 Å². The standard InChI is InChI=1S/C15H13ClN2O3/c1-9-6-14(18(19)20)15(21-10-2-3-10)7-12(9)11-4-5-17-8-13(11)16/h4-8,10H,2-3H2,1H3. The number of hydrogen-bond donors (Lipinski definition) is 0. The molecule has 3 rings (SSSR count). The van der Waals surface area contributed by atoms with Crippen LogP contribution in [0.2, 0.25) is 5.02 Å². The summed E-state index contributed by atoms with van der Waals surface area (Å²) in [5, 5.41) is 11.7. The lowest BCUT2D eigenvalue weighted by atomic mass is 10.0. The van der Waals surface area contributed by atoms with Gasteiger partial charge in [0.1, 0.15) is 0 Å². The zero-order valence-corrected chi connectivity index (χ0v) is 12.1. The molecule has 0 radical (unpaired) electrons. The Hall–Kier alpha value is -2.14. The van der Waals surface area contributed by atoms with Gasteiger partial charge >= 0.3 is 5.69 Å². The fourth-order valence-electron chi connectivity index (χ4n) is 2.16. The number of nitro groups is 1. The number of aromatic nitrogens is 1. The van der Waals surface area contributed by atoms with Crippen LogP contribution < -0.4 is 4.74 Å². The molecule has 6 heteroatoms. The van der Waals surface area contributed by atoms with E-state index >= 15 is 0 Å². The molecule has 1 aliphatic rings. The maximum atomic E-state index is 11.2. The predicted octanol–water partition coefficient (Wildman–Crippen LogP) is 4.16. The summed E-state index contributed by atoms with van der Waals surface area (Å²) in [4.78, 5) is 14.7. The Morgan fingerprint density at radius 3 is 2.76 bits per heavy atom. The van der Waals surface area contributed by atoms with E-state index in [1.165, 1.54) is 6.07 Å². The van der Waals surface area contributed by atoms with Gasteiger partial charge in [-0.2, -0.15) is 0 Å². The summed E-state index contributed by atoms with van der Waals surface area (Å²) in [6, 6.07) is 5.02.